The number of pyridine rings is 1. The molecular formula is C50H57F2N7O8S. The van der Waals surface area contributed by atoms with Crippen LogP contribution < -0.4 is 24.4 Å². The fourth-order valence-electron chi connectivity index (χ4n) is 11.6. The lowest BCUT2D eigenvalue weighted by atomic mass is 9.70. The van der Waals surface area contributed by atoms with Crippen LogP contribution in [0.15, 0.2) is 71.8 Å². The van der Waals surface area contributed by atoms with Crippen LogP contribution in [0.1, 0.15) is 112 Å². The average molecular weight is 954 g/mol. The van der Waals surface area contributed by atoms with Crippen molar-refractivity contribution in [2.75, 3.05) is 43.0 Å². The van der Waals surface area contributed by atoms with Crippen molar-refractivity contribution in [3.63, 3.8) is 0 Å². The molecule has 360 valence electrons. The van der Waals surface area contributed by atoms with Gasteiger partial charge in [-0.25, -0.2) is 17.5 Å². The number of carbonyl (C=O) groups excluding carboxylic acids is 1. The van der Waals surface area contributed by atoms with Crippen molar-refractivity contribution >= 4 is 44.0 Å². The number of fused-ring (bicyclic) bond motifs is 2. The van der Waals surface area contributed by atoms with Gasteiger partial charge in [-0.1, -0.05) is 44.5 Å². The van der Waals surface area contributed by atoms with Gasteiger partial charge in [-0.3, -0.25) is 19.8 Å². The van der Waals surface area contributed by atoms with Gasteiger partial charge in [0.05, 0.1) is 32.4 Å². The molecule has 0 unspecified atom stereocenters. The summed E-state index contributed by atoms with van der Waals surface area (Å²) in [4.78, 5) is 36.4. The Balaban J connectivity index is 0.874. The second-order valence-corrected chi connectivity index (χ2v) is 22.0. The van der Waals surface area contributed by atoms with Crippen molar-refractivity contribution in [2.24, 2.45) is 11.3 Å². The van der Waals surface area contributed by atoms with Crippen molar-refractivity contribution < 1.29 is 41.5 Å². The topological polar surface area (TPSA) is 192 Å². The van der Waals surface area contributed by atoms with Crippen LogP contribution >= 0.6 is 0 Å². The molecule has 0 bridgehead atoms. The Labute approximate surface area is 393 Å². The summed E-state index contributed by atoms with van der Waals surface area (Å²) >= 11 is 0. The third kappa shape index (κ3) is 8.74. The molecule has 10 rings (SSSR count). The molecule has 4 N–H and O–H groups in total. The maximum atomic E-state index is 15.5. The molecule has 4 fully saturated rings. The minimum atomic E-state index is -4.79. The number of halogens is 2. The van der Waals surface area contributed by atoms with Crippen LogP contribution in [0.25, 0.3) is 11.0 Å². The lowest BCUT2D eigenvalue weighted by molar-refractivity contribution is -0.384. The van der Waals surface area contributed by atoms with Crippen molar-refractivity contribution in [1.82, 2.24) is 19.6 Å². The van der Waals surface area contributed by atoms with E-state index in [-0.39, 0.29) is 57.8 Å². The zero-order valence-electron chi connectivity index (χ0n) is 38.4. The number of nitro groups is 1. The molecular weight excluding hydrogens is 897 g/mol. The summed E-state index contributed by atoms with van der Waals surface area (Å²) in [6.45, 7) is 9.87. The number of benzene rings is 3. The zero-order chi connectivity index (χ0) is 47.7. The largest absolute Gasteiger partial charge is 0.489 e. The lowest BCUT2D eigenvalue weighted by Gasteiger charge is -2.57. The van der Waals surface area contributed by atoms with E-state index >= 15 is 4.39 Å². The zero-order valence-corrected chi connectivity index (χ0v) is 39.2. The van der Waals surface area contributed by atoms with Gasteiger partial charge in [-0.15, -0.1) is 0 Å². The van der Waals surface area contributed by atoms with Gasteiger partial charge in [0.2, 0.25) is 0 Å². The van der Waals surface area contributed by atoms with E-state index in [2.05, 4.69) is 63.2 Å². The van der Waals surface area contributed by atoms with Crippen LogP contribution in [-0.2, 0) is 10.0 Å². The summed E-state index contributed by atoms with van der Waals surface area (Å²) in [7, 11) is -4.79. The number of hydrogen-bond acceptors (Lipinski definition) is 12. The van der Waals surface area contributed by atoms with Gasteiger partial charge in [0.1, 0.15) is 23.8 Å². The highest BCUT2D eigenvalue weighted by Gasteiger charge is 2.49. The van der Waals surface area contributed by atoms with Crippen molar-refractivity contribution in [3.8, 4) is 17.2 Å². The number of sulfonamides is 1. The molecule has 68 heavy (non-hydrogen) atoms. The Morgan fingerprint density at radius 1 is 1.01 bits per heavy atom. The number of likely N-dealkylation sites (tertiary alicyclic amines) is 1. The third-order valence-corrected chi connectivity index (χ3v) is 16.7. The minimum Gasteiger partial charge on any atom is -0.489 e. The van der Waals surface area contributed by atoms with Crippen LogP contribution in [0, 0.1) is 33.2 Å². The van der Waals surface area contributed by atoms with E-state index in [1.54, 1.807) is 13.0 Å². The first-order valence-corrected chi connectivity index (χ1v) is 25.2. The highest BCUT2D eigenvalue weighted by Crippen LogP contribution is 2.49. The van der Waals surface area contributed by atoms with Crippen molar-refractivity contribution in [2.45, 2.75) is 113 Å². The maximum Gasteiger partial charge on any atom is 0.297 e. The van der Waals surface area contributed by atoms with E-state index in [9.17, 15) is 32.8 Å². The second kappa shape index (κ2) is 17.6. The number of carbonyl (C=O) groups is 1. The van der Waals surface area contributed by atoms with Crippen molar-refractivity contribution in [1.29, 1.82) is 0 Å². The van der Waals surface area contributed by atoms with Crippen LogP contribution in [0.5, 0.6) is 17.2 Å². The molecule has 3 aliphatic heterocycles. The summed E-state index contributed by atoms with van der Waals surface area (Å²) < 4.78 is 72.0. The van der Waals surface area contributed by atoms with E-state index < -0.39 is 54.6 Å². The monoisotopic (exact) mass is 953 g/mol. The molecule has 3 atom stereocenters. The predicted octanol–water partition coefficient (Wildman–Crippen LogP) is 9.14. The molecule has 5 heterocycles. The highest BCUT2D eigenvalue weighted by atomic mass is 32.2. The lowest BCUT2D eigenvalue weighted by Crippen LogP contribution is -2.63. The van der Waals surface area contributed by atoms with Gasteiger partial charge in [-0.05, 0) is 111 Å². The first-order valence-electron chi connectivity index (χ1n) is 23.7. The summed E-state index contributed by atoms with van der Waals surface area (Å²) in [5, 5.41) is 26.0. The number of nitrogens with one attached hydrogen (secondary N) is 3. The van der Waals surface area contributed by atoms with Crippen molar-refractivity contribution in [3.05, 3.63) is 105 Å². The number of hydrogen-bond donors (Lipinski definition) is 4. The number of ether oxygens (including phenoxy) is 2. The standard InChI is InChI=1S/C50H57F2N7O8S/c1-29(2)33-7-4-5-8-34(33)35-9-6-10-40(35)58-27-50(28-58)17-19-57(20-18-50)31-11-12-36(42(21-31)67-44-24-37-38(51)25-53-47(37)55-46(44)52)48(60)56-68(64,65)32-22-41(59(62)63)45-43(23-32)66-26-39(54-45)30-13-15-49(3,61)16-14-30/h4-5,7-8,11-12,21-25,29-30,35,39-40,54,61H,6,9-10,13-20,26-28H2,1-3H3,(H,53,55)(H,56,60)/t30-,35-,39-,40-,49-/m1/s1. The molecule has 1 spiro atoms. The smallest absolute Gasteiger partial charge is 0.297 e. The molecule has 2 aliphatic carbocycles. The molecule has 3 aromatic carbocycles. The Kier molecular flexibility index (Phi) is 11.9. The number of nitro benzene ring substituents is 1. The number of aliphatic hydroxyl groups is 1. The van der Waals surface area contributed by atoms with E-state index in [0.29, 0.717) is 62.3 Å². The molecule has 5 aliphatic rings. The van der Waals surface area contributed by atoms with E-state index in [4.69, 9.17) is 9.47 Å². The first kappa shape index (κ1) is 45.9. The van der Waals surface area contributed by atoms with E-state index in [1.165, 1.54) is 42.5 Å². The molecule has 2 saturated heterocycles. The highest BCUT2D eigenvalue weighted by molar-refractivity contribution is 7.90. The van der Waals surface area contributed by atoms with Gasteiger partial charge in [0.25, 0.3) is 27.6 Å². The first-order chi connectivity index (χ1) is 32.5. The normalized spacial score (nSPS) is 24.8. The molecule has 5 aromatic rings. The fraction of sp³-hybridized carbons (Fsp3) is 0.480. The quantitative estimate of drug-likeness (QED) is 0.0559. The Hall–Kier alpha value is -5.85. The summed E-state index contributed by atoms with van der Waals surface area (Å²) in [6.07, 6.45) is 8.98. The van der Waals surface area contributed by atoms with E-state index in [1.807, 2.05) is 4.72 Å². The van der Waals surface area contributed by atoms with Crippen LogP contribution in [0.4, 0.5) is 25.8 Å². The molecule has 15 nitrogen and oxygen atoms in total. The van der Waals surface area contributed by atoms with Crippen LogP contribution in [-0.4, -0.2) is 89.7 Å². The molecule has 2 aromatic heterocycles. The van der Waals surface area contributed by atoms with Gasteiger partial charge in [-0.2, -0.15) is 9.37 Å². The van der Waals surface area contributed by atoms with Gasteiger partial charge >= 0.3 is 0 Å². The number of anilines is 2. The average Bonchev–Trinajstić information content (AvgIpc) is 3.93. The fourth-order valence-corrected chi connectivity index (χ4v) is 12.6. The number of amides is 1. The molecule has 2 saturated carbocycles. The molecule has 0 radical (unpaired) electrons. The summed E-state index contributed by atoms with van der Waals surface area (Å²) in [5.41, 5.74) is 2.09. The predicted molar refractivity (Wildman–Crippen MR) is 252 cm³/mol. The second-order valence-electron chi connectivity index (χ2n) is 20.3. The van der Waals surface area contributed by atoms with Gasteiger partial charge in [0, 0.05) is 62.3 Å². The number of H-pyrrole nitrogens is 1. The number of aromatic nitrogens is 2. The van der Waals surface area contributed by atoms with Crippen LogP contribution in [0.2, 0.25) is 0 Å². The summed E-state index contributed by atoms with van der Waals surface area (Å²) in [5.74, 6) is -2.68. The number of aromatic amines is 1. The van der Waals surface area contributed by atoms with Crippen LogP contribution in [0.3, 0.4) is 0 Å². The maximum absolute atomic E-state index is 15.5. The Morgan fingerprint density at radius 3 is 2.50 bits per heavy atom. The minimum absolute atomic E-state index is 0.0237. The van der Waals surface area contributed by atoms with E-state index in [0.717, 1.165) is 50.3 Å². The molecule has 1 amide bonds. The van der Waals surface area contributed by atoms with Gasteiger partial charge in [0.15, 0.2) is 17.2 Å². The number of rotatable bonds is 11. The third-order valence-electron chi connectivity index (χ3n) is 15.4. The number of piperidine rings is 1. The Bertz CT molecular complexity index is 2880. The summed E-state index contributed by atoms with van der Waals surface area (Å²) in [6, 6.07) is 16.8. The Morgan fingerprint density at radius 2 is 1.76 bits per heavy atom. The van der Waals surface area contributed by atoms with Gasteiger partial charge < -0.3 is 29.8 Å². The number of nitrogens with zero attached hydrogens (tertiary/aromatic N) is 4. The SMILES string of the molecule is CC(C)c1ccccc1[C@H]1CCC[C@H]1N1CC2(CCN(c3ccc(C(=O)NS(=O)(=O)c4cc5c(c([N+](=O)[O-])c4)N[C@@H]([C@H]4CC[C@](C)(O)CC4)CO5)c(Oc4cc5c(F)c[nH]c5nc4F)c3)CC2)C1. The molecule has 18 heteroatoms.